The van der Waals surface area contributed by atoms with E-state index in [2.05, 4.69) is 12.2 Å². The third kappa shape index (κ3) is 4.36. The van der Waals surface area contributed by atoms with Crippen LogP contribution in [-0.2, 0) is 0 Å². The van der Waals surface area contributed by atoms with E-state index < -0.39 is 10.8 Å². The quantitative estimate of drug-likeness (QED) is 0.493. The molecule has 0 saturated carbocycles. The number of nitro groups is 1. The SMILES string of the molecule is CCCCCNC(=O)c1cc([N+](=O)[O-])cc(Cl)c1Cl. The molecule has 0 spiro atoms. The first-order chi connectivity index (χ1) is 8.97. The average molecular weight is 305 g/mol. The van der Waals surface area contributed by atoms with E-state index in [9.17, 15) is 14.9 Å². The van der Waals surface area contributed by atoms with Crippen molar-refractivity contribution in [2.45, 2.75) is 26.2 Å². The molecular weight excluding hydrogens is 291 g/mol. The lowest BCUT2D eigenvalue weighted by Gasteiger charge is -2.07. The van der Waals surface area contributed by atoms with Crippen molar-refractivity contribution in [2.24, 2.45) is 0 Å². The van der Waals surface area contributed by atoms with Gasteiger partial charge in [0.05, 0.1) is 20.5 Å². The third-order valence-electron chi connectivity index (χ3n) is 2.53. The van der Waals surface area contributed by atoms with E-state index in [4.69, 9.17) is 23.2 Å². The number of halogens is 2. The van der Waals surface area contributed by atoms with Crippen molar-refractivity contribution < 1.29 is 9.72 Å². The van der Waals surface area contributed by atoms with Crippen molar-refractivity contribution in [2.75, 3.05) is 6.54 Å². The molecule has 19 heavy (non-hydrogen) atoms. The summed E-state index contributed by atoms with van der Waals surface area (Å²) in [4.78, 5) is 22.0. The number of carbonyl (C=O) groups excluding carboxylic acids is 1. The van der Waals surface area contributed by atoms with Gasteiger partial charge in [0.1, 0.15) is 0 Å². The van der Waals surface area contributed by atoms with E-state index in [0.29, 0.717) is 6.54 Å². The van der Waals surface area contributed by atoms with E-state index in [1.54, 1.807) is 0 Å². The van der Waals surface area contributed by atoms with E-state index in [-0.39, 0.29) is 21.3 Å². The Hall–Kier alpha value is -1.33. The van der Waals surface area contributed by atoms with Gasteiger partial charge in [0.2, 0.25) is 0 Å². The zero-order chi connectivity index (χ0) is 14.4. The van der Waals surface area contributed by atoms with Crippen LogP contribution in [0, 0.1) is 10.1 Å². The molecule has 7 heteroatoms. The molecular formula is C12H14Cl2N2O3. The van der Waals surface area contributed by atoms with Crippen molar-refractivity contribution in [3.05, 3.63) is 37.9 Å². The van der Waals surface area contributed by atoms with Gasteiger partial charge in [-0.3, -0.25) is 14.9 Å². The largest absolute Gasteiger partial charge is 0.352 e. The summed E-state index contributed by atoms with van der Waals surface area (Å²) in [6.07, 6.45) is 2.89. The summed E-state index contributed by atoms with van der Waals surface area (Å²) in [5.41, 5.74) is -0.231. The fourth-order valence-electron chi connectivity index (χ4n) is 1.52. The number of carbonyl (C=O) groups is 1. The number of nitrogens with zero attached hydrogens (tertiary/aromatic N) is 1. The second-order valence-electron chi connectivity index (χ2n) is 4.01. The highest BCUT2D eigenvalue weighted by atomic mass is 35.5. The van der Waals surface area contributed by atoms with E-state index >= 15 is 0 Å². The van der Waals surface area contributed by atoms with Crippen LogP contribution in [0.15, 0.2) is 12.1 Å². The summed E-state index contributed by atoms with van der Waals surface area (Å²) in [7, 11) is 0. The molecule has 1 amide bonds. The lowest BCUT2D eigenvalue weighted by Crippen LogP contribution is -2.24. The van der Waals surface area contributed by atoms with Crippen molar-refractivity contribution in [1.29, 1.82) is 0 Å². The molecule has 0 radical (unpaired) electrons. The minimum Gasteiger partial charge on any atom is -0.352 e. The molecule has 0 heterocycles. The first kappa shape index (κ1) is 15.7. The van der Waals surface area contributed by atoms with Gasteiger partial charge in [-0.2, -0.15) is 0 Å². The Bertz CT molecular complexity index is 492. The molecule has 0 atom stereocenters. The van der Waals surface area contributed by atoms with Gasteiger partial charge in [0.15, 0.2) is 0 Å². The normalized spacial score (nSPS) is 10.3. The average Bonchev–Trinajstić information content (AvgIpc) is 2.37. The van der Waals surface area contributed by atoms with Crippen LogP contribution < -0.4 is 5.32 Å². The maximum atomic E-state index is 11.9. The Labute approximate surface area is 121 Å². The van der Waals surface area contributed by atoms with E-state index in [1.807, 2.05) is 0 Å². The summed E-state index contributed by atoms with van der Waals surface area (Å²) in [5.74, 6) is -0.452. The van der Waals surface area contributed by atoms with Gasteiger partial charge < -0.3 is 5.32 Å². The fraction of sp³-hybridized carbons (Fsp3) is 0.417. The van der Waals surface area contributed by atoms with Crippen LogP contribution in [0.1, 0.15) is 36.5 Å². The molecule has 0 fully saturated rings. The predicted octanol–water partition coefficient (Wildman–Crippen LogP) is 3.82. The van der Waals surface area contributed by atoms with Gasteiger partial charge in [0, 0.05) is 18.7 Å². The number of nitro benzene ring substituents is 1. The number of benzene rings is 1. The molecule has 0 aliphatic rings. The highest BCUT2D eigenvalue weighted by Gasteiger charge is 2.19. The molecule has 0 saturated heterocycles. The topological polar surface area (TPSA) is 72.2 Å². The highest BCUT2D eigenvalue weighted by Crippen LogP contribution is 2.30. The number of hydrogen-bond acceptors (Lipinski definition) is 3. The molecule has 5 nitrogen and oxygen atoms in total. The summed E-state index contributed by atoms with van der Waals surface area (Å²) < 4.78 is 0. The molecule has 0 aliphatic carbocycles. The van der Waals surface area contributed by atoms with E-state index in [1.165, 1.54) is 0 Å². The number of rotatable bonds is 6. The summed E-state index contributed by atoms with van der Waals surface area (Å²) in [6, 6.07) is 2.25. The van der Waals surface area contributed by atoms with Crippen LogP contribution in [0.4, 0.5) is 5.69 Å². The lowest BCUT2D eigenvalue weighted by molar-refractivity contribution is -0.384. The number of nitrogens with one attached hydrogen (secondary N) is 1. The molecule has 1 N–H and O–H groups in total. The van der Waals surface area contributed by atoms with Gasteiger partial charge in [-0.25, -0.2) is 0 Å². The van der Waals surface area contributed by atoms with Crippen LogP contribution in [-0.4, -0.2) is 17.4 Å². The second kappa shape index (κ2) is 7.31. The Morgan fingerprint density at radius 2 is 2.05 bits per heavy atom. The first-order valence-electron chi connectivity index (χ1n) is 5.89. The fourth-order valence-corrected chi connectivity index (χ4v) is 1.93. The Morgan fingerprint density at radius 1 is 1.37 bits per heavy atom. The summed E-state index contributed by atoms with van der Waals surface area (Å²) in [5, 5.41) is 13.4. The van der Waals surface area contributed by atoms with Crippen LogP contribution in [0.5, 0.6) is 0 Å². The Kier molecular flexibility index (Phi) is 6.05. The van der Waals surface area contributed by atoms with Crippen molar-refractivity contribution in [1.82, 2.24) is 5.32 Å². The van der Waals surface area contributed by atoms with Crippen LogP contribution in [0.2, 0.25) is 10.0 Å². The third-order valence-corrected chi connectivity index (χ3v) is 3.34. The van der Waals surface area contributed by atoms with Crippen LogP contribution in [0.3, 0.4) is 0 Å². The molecule has 0 aromatic heterocycles. The second-order valence-corrected chi connectivity index (χ2v) is 4.79. The minimum absolute atomic E-state index is 0.00502. The van der Waals surface area contributed by atoms with Gasteiger partial charge in [-0.15, -0.1) is 0 Å². The zero-order valence-corrected chi connectivity index (χ0v) is 11.9. The Morgan fingerprint density at radius 3 is 2.63 bits per heavy atom. The first-order valence-corrected chi connectivity index (χ1v) is 6.64. The predicted molar refractivity (Wildman–Crippen MR) is 75.0 cm³/mol. The smallest absolute Gasteiger partial charge is 0.271 e. The van der Waals surface area contributed by atoms with Crippen molar-refractivity contribution in [3.63, 3.8) is 0 Å². The van der Waals surface area contributed by atoms with Crippen molar-refractivity contribution in [3.8, 4) is 0 Å². The molecule has 104 valence electrons. The van der Waals surface area contributed by atoms with Crippen LogP contribution in [0.25, 0.3) is 0 Å². The maximum Gasteiger partial charge on any atom is 0.271 e. The van der Waals surface area contributed by atoms with Crippen molar-refractivity contribution >= 4 is 34.8 Å². The molecule has 0 bridgehead atoms. The van der Waals surface area contributed by atoms with Gasteiger partial charge in [0.25, 0.3) is 11.6 Å². The molecule has 1 aromatic rings. The van der Waals surface area contributed by atoms with Gasteiger partial charge >= 0.3 is 0 Å². The highest BCUT2D eigenvalue weighted by molar-refractivity contribution is 6.44. The van der Waals surface area contributed by atoms with Gasteiger partial charge in [-0.05, 0) is 6.42 Å². The molecule has 1 aromatic carbocycles. The molecule has 0 aliphatic heterocycles. The van der Waals surface area contributed by atoms with E-state index in [0.717, 1.165) is 31.4 Å². The lowest BCUT2D eigenvalue weighted by atomic mass is 10.1. The van der Waals surface area contributed by atoms with Crippen LogP contribution >= 0.6 is 23.2 Å². The molecule has 1 rings (SSSR count). The summed E-state index contributed by atoms with van der Waals surface area (Å²) in [6.45, 7) is 2.56. The Balaban J connectivity index is 2.86. The number of hydrogen-bond donors (Lipinski definition) is 1. The number of non-ortho nitro benzene ring substituents is 1. The zero-order valence-electron chi connectivity index (χ0n) is 10.4. The number of amides is 1. The standard InChI is InChI=1S/C12H14Cl2N2O3/c1-2-3-4-5-15-12(17)9-6-8(16(18)19)7-10(13)11(9)14/h6-7H,2-5H2,1H3,(H,15,17). The van der Waals surface area contributed by atoms with Gasteiger partial charge in [-0.1, -0.05) is 43.0 Å². The maximum absolute atomic E-state index is 11.9. The number of unbranched alkanes of at least 4 members (excludes halogenated alkanes) is 2. The minimum atomic E-state index is -0.615. The monoisotopic (exact) mass is 304 g/mol. The molecule has 0 unspecified atom stereocenters. The summed E-state index contributed by atoms with van der Waals surface area (Å²) >= 11 is 11.7.